The summed E-state index contributed by atoms with van der Waals surface area (Å²) < 4.78 is 0. The van der Waals surface area contributed by atoms with E-state index < -0.39 is 0 Å². The lowest BCUT2D eigenvalue weighted by Gasteiger charge is -2.16. The minimum absolute atomic E-state index is 0.0139. The summed E-state index contributed by atoms with van der Waals surface area (Å²) in [6.07, 6.45) is 0.878. The topological polar surface area (TPSA) is 20.3 Å². The van der Waals surface area contributed by atoms with Crippen molar-refractivity contribution in [2.75, 3.05) is 6.54 Å². The van der Waals surface area contributed by atoms with Crippen LogP contribution >= 0.6 is 27.5 Å². The molecule has 1 aliphatic rings. The molecule has 0 radical (unpaired) electrons. The molecule has 0 spiro atoms. The second-order valence-electron chi connectivity index (χ2n) is 3.61. The predicted octanol–water partition coefficient (Wildman–Crippen LogP) is 2.84. The van der Waals surface area contributed by atoms with E-state index in [9.17, 15) is 4.79 Å². The lowest BCUT2D eigenvalue weighted by Crippen LogP contribution is -2.27. The third-order valence-electron chi connectivity index (χ3n) is 2.55. The summed E-state index contributed by atoms with van der Waals surface area (Å²) in [7, 11) is 0. The number of carbonyl (C=O) groups excluding carboxylic acids is 1. The molecule has 2 rings (SSSR count). The van der Waals surface area contributed by atoms with Crippen LogP contribution in [0.15, 0.2) is 24.3 Å². The molecule has 1 aliphatic heterocycles. The summed E-state index contributed by atoms with van der Waals surface area (Å²) in [5.41, 5.74) is 1.01. The zero-order valence-corrected chi connectivity index (χ0v) is 10.5. The molecule has 2 nitrogen and oxygen atoms in total. The van der Waals surface area contributed by atoms with Crippen LogP contribution in [0.3, 0.4) is 0 Å². The van der Waals surface area contributed by atoms with Gasteiger partial charge in [0.05, 0.1) is 4.83 Å². The highest BCUT2D eigenvalue weighted by atomic mass is 79.9. The zero-order chi connectivity index (χ0) is 10.8. The van der Waals surface area contributed by atoms with Crippen LogP contribution in [0, 0.1) is 0 Å². The Labute approximate surface area is 102 Å². The molecule has 1 fully saturated rings. The number of amides is 1. The minimum atomic E-state index is -0.0139. The molecule has 1 unspecified atom stereocenters. The summed E-state index contributed by atoms with van der Waals surface area (Å²) in [4.78, 5) is 13.5. The summed E-state index contributed by atoms with van der Waals surface area (Å²) in [5.74, 6) is 0.162. The number of carbonyl (C=O) groups is 1. The van der Waals surface area contributed by atoms with Crippen LogP contribution in [0.1, 0.15) is 12.0 Å². The highest BCUT2D eigenvalue weighted by molar-refractivity contribution is 9.10. The van der Waals surface area contributed by atoms with Crippen molar-refractivity contribution in [3.63, 3.8) is 0 Å². The van der Waals surface area contributed by atoms with Gasteiger partial charge in [-0.05, 0) is 18.1 Å². The van der Waals surface area contributed by atoms with E-state index in [1.807, 2.05) is 29.2 Å². The molecule has 0 saturated carbocycles. The van der Waals surface area contributed by atoms with Crippen LogP contribution in [0.5, 0.6) is 0 Å². The largest absolute Gasteiger partial charge is 0.337 e. The molecule has 4 heteroatoms. The second-order valence-corrected chi connectivity index (χ2v) is 5.12. The standard InChI is InChI=1S/C11H11BrClNO/c12-9-5-6-14(11(9)15)7-8-3-1-2-4-10(8)13/h1-4,9H,5-7H2. The lowest BCUT2D eigenvalue weighted by molar-refractivity contribution is -0.127. The zero-order valence-electron chi connectivity index (χ0n) is 8.12. The van der Waals surface area contributed by atoms with Gasteiger partial charge in [0.25, 0.3) is 0 Å². The van der Waals surface area contributed by atoms with Crippen molar-refractivity contribution >= 4 is 33.4 Å². The molecule has 1 aromatic rings. The van der Waals surface area contributed by atoms with Crippen molar-refractivity contribution in [1.82, 2.24) is 4.90 Å². The van der Waals surface area contributed by atoms with E-state index in [-0.39, 0.29) is 10.7 Å². The second kappa shape index (κ2) is 4.54. The molecule has 0 bridgehead atoms. The molecule has 0 aromatic heterocycles. The number of likely N-dealkylation sites (tertiary alicyclic amines) is 1. The highest BCUT2D eigenvalue weighted by Gasteiger charge is 2.29. The minimum Gasteiger partial charge on any atom is -0.337 e. The SMILES string of the molecule is O=C1C(Br)CCN1Cc1ccccc1Cl. The van der Waals surface area contributed by atoms with Crippen LogP contribution in [0.4, 0.5) is 0 Å². The van der Waals surface area contributed by atoms with Gasteiger partial charge in [0.15, 0.2) is 0 Å². The van der Waals surface area contributed by atoms with E-state index >= 15 is 0 Å². The monoisotopic (exact) mass is 287 g/mol. The fourth-order valence-electron chi connectivity index (χ4n) is 1.69. The van der Waals surface area contributed by atoms with Crippen molar-refractivity contribution in [1.29, 1.82) is 0 Å². The Morgan fingerprint density at radius 1 is 1.47 bits per heavy atom. The average molecular weight is 289 g/mol. The first-order chi connectivity index (χ1) is 7.18. The Kier molecular flexibility index (Phi) is 3.32. The van der Waals surface area contributed by atoms with E-state index in [2.05, 4.69) is 15.9 Å². The summed E-state index contributed by atoms with van der Waals surface area (Å²) in [5, 5.41) is 0.725. The molecule has 0 aliphatic carbocycles. The van der Waals surface area contributed by atoms with Crippen LogP contribution in [-0.2, 0) is 11.3 Å². The number of nitrogens with zero attached hydrogens (tertiary/aromatic N) is 1. The van der Waals surface area contributed by atoms with Gasteiger partial charge in [0.2, 0.25) is 5.91 Å². The summed E-state index contributed by atoms with van der Waals surface area (Å²) in [6, 6.07) is 7.64. The molecular weight excluding hydrogens is 277 g/mol. The van der Waals surface area contributed by atoms with E-state index in [0.29, 0.717) is 6.54 Å². The first-order valence-corrected chi connectivity index (χ1v) is 6.14. The van der Waals surface area contributed by atoms with Crippen molar-refractivity contribution in [2.24, 2.45) is 0 Å². The molecule has 0 N–H and O–H groups in total. The third-order valence-corrected chi connectivity index (χ3v) is 3.77. The Balaban J connectivity index is 2.10. The van der Waals surface area contributed by atoms with Gasteiger partial charge in [-0.15, -0.1) is 0 Å². The van der Waals surface area contributed by atoms with Gasteiger partial charge in [-0.3, -0.25) is 4.79 Å². The van der Waals surface area contributed by atoms with Crippen LogP contribution in [0.25, 0.3) is 0 Å². The third kappa shape index (κ3) is 2.34. The quantitative estimate of drug-likeness (QED) is 0.766. The molecule has 1 heterocycles. The number of alkyl halides is 1. The number of benzene rings is 1. The van der Waals surface area contributed by atoms with E-state index in [4.69, 9.17) is 11.6 Å². The maximum absolute atomic E-state index is 11.7. The normalized spacial score (nSPS) is 21.1. The van der Waals surface area contributed by atoms with Crippen molar-refractivity contribution in [3.05, 3.63) is 34.9 Å². The highest BCUT2D eigenvalue weighted by Crippen LogP contribution is 2.23. The van der Waals surface area contributed by atoms with Crippen LogP contribution in [-0.4, -0.2) is 22.2 Å². The number of hydrogen-bond donors (Lipinski definition) is 0. The molecule has 15 heavy (non-hydrogen) atoms. The van der Waals surface area contributed by atoms with Gasteiger partial charge in [0, 0.05) is 18.1 Å². The van der Waals surface area contributed by atoms with Crippen molar-refractivity contribution < 1.29 is 4.79 Å². The molecule has 1 amide bonds. The van der Waals surface area contributed by atoms with Crippen LogP contribution in [0.2, 0.25) is 5.02 Å². The smallest absolute Gasteiger partial charge is 0.236 e. The Morgan fingerprint density at radius 3 is 2.80 bits per heavy atom. The fraction of sp³-hybridized carbons (Fsp3) is 0.364. The van der Waals surface area contributed by atoms with Gasteiger partial charge < -0.3 is 4.90 Å². The Bertz CT molecular complexity index is 383. The van der Waals surface area contributed by atoms with Gasteiger partial charge >= 0.3 is 0 Å². The van der Waals surface area contributed by atoms with E-state index in [0.717, 1.165) is 23.6 Å². The Hall–Kier alpha value is -0.540. The molecule has 1 aromatic carbocycles. The van der Waals surface area contributed by atoms with Gasteiger partial charge in [-0.1, -0.05) is 45.7 Å². The fourth-order valence-corrected chi connectivity index (χ4v) is 2.38. The van der Waals surface area contributed by atoms with E-state index in [1.165, 1.54) is 0 Å². The molecular formula is C11H11BrClNO. The Morgan fingerprint density at radius 2 is 2.20 bits per heavy atom. The average Bonchev–Trinajstić information content (AvgIpc) is 2.53. The maximum atomic E-state index is 11.7. The number of halogens is 2. The van der Waals surface area contributed by atoms with Crippen molar-refractivity contribution in [2.45, 2.75) is 17.8 Å². The van der Waals surface area contributed by atoms with Gasteiger partial charge in [-0.25, -0.2) is 0 Å². The van der Waals surface area contributed by atoms with Gasteiger partial charge in [0.1, 0.15) is 0 Å². The molecule has 1 saturated heterocycles. The first-order valence-electron chi connectivity index (χ1n) is 4.85. The molecule has 1 atom stereocenters. The lowest BCUT2D eigenvalue weighted by atomic mass is 10.2. The number of rotatable bonds is 2. The summed E-state index contributed by atoms with van der Waals surface area (Å²) in [6.45, 7) is 1.42. The number of hydrogen-bond acceptors (Lipinski definition) is 1. The first kappa shape index (κ1) is 11.0. The van der Waals surface area contributed by atoms with Gasteiger partial charge in [-0.2, -0.15) is 0 Å². The summed E-state index contributed by atoms with van der Waals surface area (Å²) >= 11 is 9.39. The van der Waals surface area contributed by atoms with E-state index in [1.54, 1.807) is 0 Å². The maximum Gasteiger partial charge on any atom is 0.236 e. The van der Waals surface area contributed by atoms with Crippen LogP contribution < -0.4 is 0 Å². The predicted molar refractivity (Wildman–Crippen MR) is 64.2 cm³/mol. The molecule has 80 valence electrons. The van der Waals surface area contributed by atoms with Crippen molar-refractivity contribution in [3.8, 4) is 0 Å².